The molecule has 0 saturated heterocycles. The Kier molecular flexibility index (Phi) is 4.00. The maximum absolute atomic E-state index is 12.2. The lowest BCUT2D eigenvalue weighted by Crippen LogP contribution is -2.16. The zero-order valence-corrected chi connectivity index (χ0v) is 11.0. The molecule has 5 heteroatoms. The molecule has 0 bridgehead atoms. The van der Waals surface area contributed by atoms with E-state index in [0.29, 0.717) is 16.8 Å². The van der Waals surface area contributed by atoms with Crippen molar-refractivity contribution in [2.75, 3.05) is 5.32 Å². The van der Waals surface area contributed by atoms with Crippen molar-refractivity contribution < 1.29 is 10.0 Å². The molecule has 0 aliphatic rings. The van der Waals surface area contributed by atoms with E-state index in [9.17, 15) is 4.79 Å². The first-order valence-electron chi connectivity index (χ1n) is 6.07. The molecule has 0 aromatic heterocycles. The smallest absolute Gasteiger partial charge is 0.255 e. The summed E-state index contributed by atoms with van der Waals surface area (Å²) in [5, 5.41) is 14.4. The number of carbonyl (C=O) groups excluding carboxylic acids is 1. The average Bonchev–Trinajstić information content (AvgIpc) is 2.47. The summed E-state index contributed by atoms with van der Waals surface area (Å²) in [6.07, 6.45) is 0. The minimum atomic E-state index is -0.195. The molecule has 0 unspecified atom stereocenters. The zero-order valence-electron chi connectivity index (χ0n) is 11.0. The molecular formula is C15H15N3O2. The molecule has 20 heavy (non-hydrogen) atoms. The third-order valence-corrected chi connectivity index (χ3v) is 2.91. The van der Waals surface area contributed by atoms with E-state index in [0.717, 1.165) is 5.56 Å². The number of nitrogens with one attached hydrogen (secondary N) is 1. The summed E-state index contributed by atoms with van der Waals surface area (Å²) >= 11 is 0. The topological polar surface area (TPSA) is 87.7 Å². The van der Waals surface area contributed by atoms with Gasteiger partial charge in [-0.2, -0.15) is 0 Å². The summed E-state index contributed by atoms with van der Waals surface area (Å²) in [7, 11) is 0. The van der Waals surface area contributed by atoms with Crippen molar-refractivity contribution in [2.24, 2.45) is 10.9 Å². The van der Waals surface area contributed by atoms with Gasteiger partial charge in [0.1, 0.15) is 0 Å². The third-order valence-electron chi connectivity index (χ3n) is 2.91. The van der Waals surface area contributed by atoms with Crippen molar-refractivity contribution in [1.29, 1.82) is 0 Å². The molecule has 2 aromatic carbocycles. The fraction of sp³-hybridized carbons (Fsp3) is 0.0667. The molecule has 2 aromatic rings. The Labute approximate surface area is 116 Å². The van der Waals surface area contributed by atoms with Gasteiger partial charge in [0, 0.05) is 16.8 Å². The Morgan fingerprint density at radius 3 is 2.65 bits per heavy atom. The zero-order chi connectivity index (χ0) is 14.5. The molecule has 0 radical (unpaired) electrons. The largest absolute Gasteiger partial charge is 0.409 e. The summed E-state index contributed by atoms with van der Waals surface area (Å²) < 4.78 is 0. The molecule has 102 valence electrons. The van der Waals surface area contributed by atoms with E-state index >= 15 is 0 Å². The van der Waals surface area contributed by atoms with Crippen LogP contribution in [0.4, 0.5) is 5.69 Å². The molecule has 0 fully saturated rings. The highest BCUT2D eigenvalue weighted by atomic mass is 16.4. The summed E-state index contributed by atoms with van der Waals surface area (Å²) in [5.74, 6) is -0.197. The molecule has 2 rings (SSSR count). The van der Waals surface area contributed by atoms with E-state index in [2.05, 4.69) is 10.5 Å². The second-order valence-corrected chi connectivity index (χ2v) is 4.34. The van der Waals surface area contributed by atoms with Gasteiger partial charge in [-0.05, 0) is 30.7 Å². The van der Waals surface area contributed by atoms with E-state index in [1.54, 1.807) is 30.3 Å². The minimum absolute atomic E-state index is 0.00279. The van der Waals surface area contributed by atoms with Gasteiger partial charge in [0.05, 0.1) is 0 Å². The van der Waals surface area contributed by atoms with Gasteiger partial charge in [-0.25, -0.2) is 0 Å². The van der Waals surface area contributed by atoms with Crippen molar-refractivity contribution in [3.63, 3.8) is 0 Å². The SMILES string of the molecule is Cc1ccccc1C(=O)Nc1cccc(/C(N)=N/O)c1. The van der Waals surface area contributed by atoms with Crippen molar-refractivity contribution in [1.82, 2.24) is 0 Å². The van der Waals surface area contributed by atoms with Gasteiger partial charge in [-0.15, -0.1) is 0 Å². The molecule has 0 spiro atoms. The number of rotatable bonds is 3. The van der Waals surface area contributed by atoms with Gasteiger partial charge >= 0.3 is 0 Å². The van der Waals surface area contributed by atoms with E-state index in [1.165, 1.54) is 0 Å². The number of hydrogen-bond donors (Lipinski definition) is 3. The molecule has 5 nitrogen and oxygen atoms in total. The molecule has 4 N–H and O–H groups in total. The first kappa shape index (κ1) is 13.6. The van der Waals surface area contributed by atoms with Crippen LogP contribution in [0.5, 0.6) is 0 Å². The van der Waals surface area contributed by atoms with Gasteiger partial charge in [0.25, 0.3) is 5.91 Å². The lowest BCUT2D eigenvalue weighted by Gasteiger charge is -2.08. The molecule has 0 heterocycles. The van der Waals surface area contributed by atoms with Gasteiger partial charge < -0.3 is 16.3 Å². The Morgan fingerprint density at radius 1 is 1.20 bits per heavy atom. The lowest BCUT2D eigenvalue weighted by atomic mass is 10.1. The highest BCUT2D eigenvalue weighted by Gasteiger charge is 2.09. The molecule has 0 saturated carbocycles. The Morgan fingerprint density at radius 2 is 1.95 bits per heavy atom. The molecule has 1 amide bonds. The normalized spacial score (nSPS) is 11.2. The van der Waals surface area contributed by atoms with E-state index in [4.69, 9.17) is 10.9 Å². The molecule has 0 aliphatic heterocycles. The number of anilines is 1. The molecule has 0 atom stereocenters. The van der Waals surface area contributed by atoms with Crippen LogP contribution in [-0.4, -0.2) is 17.0 Å². The van der Waals surface area contributed by atoms with Crippen molar-refractivity contribution in [3.05, 3.63) is 65.2 Å². The van der Waals surface area contributed by atoms with Gasteiger partial charge in [0.2, 0.25) is 0 Å². The van der Waals surface area contributed by atoms with E-state index < -0.39 is 0 Å². The predicted octanol–water partition coefficient (Wildman–Crippen LogP) is 2.34. The van der Waals surface area contributed by atoms with E-state index in [1.807, 2.05) is 25.1 Å². The highest BCUT2D eigenvalue weighted by Crippen LogP contribution is 2.14. The Bertz CT molecular complexity index is 666. The summed E-state index contributed by atoms with van der Waals surface area (Å²) in [5.41, 5.74) is 8.15. The number of nitrogens with zero attached hydrogens (tertiary/aromatic N) is 1. The summed E-state index contributed by atoms with van der Waals surface area (Å²) in [4.78, 5) is 12.2. The van der Waals surface area contributed by atoms with E-state index in [-0.39, 0.29) is 11.7 Å². The number of benzene rings is 2. The standard InChI is InChI=1S/C15H15N3O2/c1-10-5-2-3-8-13(10)15(19)17-12-7-4-6-11(9-12)14(16)18-20/h2-9,20H,1H3,(H2,16,18)(H,17,19). The average molecular weight is 269 g/mol. The van der Waals surface area contributed by atoms with Crippen LogP contribution < -0.4 is 11.1 Å². The van der Waals surface area contributed by atoms with Crippen LogP contribution in [0.25, 0.3) is 0 Å². The second-order valence-electron chi connectivity index (χ2n) is 4.34. The van der Waals surface area contributed by atoms with Crippen molar-refractivity contribution >= 4 is 17.4 Å². The fourth-order valence-corrected chi connectivity index (χ4v) is 1.84. The minimum Gasteiger partial charge on any atom is -0.409 e. The quantitative estimate of drug-likeness (QED) is 0.346. The van der Waals surface area contributed by atoms with Crippen molar-refractivity contribution in [3.8, 4) is 0 Å². The molecule has 0 aliphatic carbocycles. The first-order chi connectivity index (χ1) is 9.61. The number of hydrogen-bond acceptors (Lipinski definition) is 3. The summed E-state index contributed by atoms with van der Waals surface area (Å²) in [6, 6.07) is 14.1. The third kappa shape index (κ3) is 2.95. The second kappa shape index (κ2) is 5.88. The maximum atomic E-state index is 12.2. The van der Waals surface area contributed by atoms with Crippen LogP contribution in [0.3, 0.4) is 0 Å². The first-order valence-corrected chi connectivity index (χ1v) is 6.07. The van der Waals surface area contributed by atoms with Crippen LogP contribution in [0.1, 0.15) is 21.5 Å². The number of nitrogens with two attached hydrogens (primary N) is 1. The highest BCUT2D eigenvalue weighted by molar-refractivity contribution is 6.06. The summed E-state index contributed by atoms with van der Waals surface area (Å²) in [6.45, 7) is 1.88. The van der Waals surface area contributed by atoms with Crippen LogP contribution in [-0.2, 0) is 0 Å². The number of carbonyl (C=O) groups is 1. The van der Waals surface area contributed by atoms with Crippen LogP contribution in [0.2, 0.25) is 0 Å². The van der Waals surface area contributed by atoms with Gasteiger partial charge in [0.15, 0.2) is 5.84 Å². The Balaban J connectivity index is 2.23. The van der Waals surface area contributed by atoms with Gasteiger partial charge in [-0.1, -0.05) is 35.5 Å². The van der Waals surface area contributed by atoms with Crippen LogP contribution in [0, 0.1) is 6.92 Å². The Hall–Kier alpha value is -2.82. The predicted molar refractivity (Wildman–Crippen MR) is 78.1 cm³/mol. The monoisotopic (exact) mass is 269 g/mol. The number of amides is 1. The van der Waals surface area contributed by atoms with Crippen LogP contribution >= 0.6 is 0 Å². The maximum Gasteiger partial charge on any atom is 0.255 e. The molecular weight excluding hydrogens is 254 g/mol. The fourth-order valence-electron chi connectivity index (χ4n) is 1.84. The van der Waals surface area contributed by atoms with Crippen LogP contribution in [0.15, 0.2) is 53.7 Å². The van der Waals surface area contributed by atoms with Crippen molar-refractivity contribution in [2.45, 2.75) is 6.92 Å². The number of aryl methyl sites for hydroxylation is 1. The van der Waals surface area contributed by atoms with Gasteiger partial charge in [-0.3, -0.25) is 4.79 Å². The lowest BCUT2D eigenvalue weighted by molar-refractivity contribution is 0.102. The number of oxime groups is 1. The number of amidine groups is 1.